The molecule has 0 aliphatic heterocycles. The zero-order valence-corrected chi connectivity index (χ0v) is 48.9. The van der Waals surface area contributed by atoms with Gasteiger partial charge in [-0.3, -0.25) is 9.36 Å². The van der Waals surface area contributed by atoms with Crippen LogP contribution in [0.2, 0.25) is 0 Å². The van der Waals surface area contributed by atoms with E-state index in [-0.39, 0.29) is 12.5 Å². The molecule has 0 spiro atoms. The summed E-state index contributed by atoms with van der Waals surface area (Å²) in [5.41, 5.74) is 0. The quantitative estimate of drug-likeness (QED) is 0.0272. The molecule has 9 heteroatoms. The molecule has 8 nitrogen and oxygen atoms in total. The number of amides is 1. The van der Waals surface area contributed by atoms with Gasteiger partial charge in [0.05, 0.1) is 39.9 Å². The molecule has 3 unspecified atom stereocenters. The number of phosphoric acid groups is 1. The topological polar surface area (TPSA) is 108 Å². The number of allylic oxidation sites excluding steroid dienone is 21. The minimum atomic E-state index is -4.63. The average Bonchev–Trinajstić information content (AvgIpc) is 3.36. The van der Waals surface area contributed by atoms with Crippen LogP contribution in [-0.4, -0.2) is 68.5 Å². The van der Waals surface area contributed by atoms with Gasteiger partial charge in [-0.25, -0.2) is 0 Å². The largest absolute Gasteiger partial charge is 0.756 e. The van der Waals surface area contributed by atoms with Crippen LogP contribution in [-0.2, 0) is 18.4 Å². The van der Waals surface area contributed by atoms with Crippen LogP contribution in [0.1, 0.15) is 219 Å². The molecule has 0 aromatic carbocycles. The van der Waals surface area contributed by atoms with E-state index in [0.29, 0.717) is 23.9 Å². The highest BCUT2D eigenvalue weighted by Crippen LogP contribution is 2.38. The van der Waals surface area contributed by atoms with Crippen LogP contribution in [0.15, 0.2) is 134 Å². The van der Waals surface area contributed by atoms with Gasteiger partial charge < -0.3 is 28.8 Å². The summed E-state index contributed by atoms with van der Waals surface area (Å²) in [4.78, 5) is 25.5. The maximum Gasteiger partial charge on any atom is 0.268 e. The molecule has 422 valence electrons. The molecule has 0 radical (unpaired) electrons. The summed E-state index contributed by atoms with van der Waals surface area (Å²) in [5, 5.41) is 13.9. The maximum atomic E-state index is 13.0. The van der Waals surface area contributed by atoms with Crippen molar-refractivity contribution in [3.8, 4) is 0 Å². The van der Waals surface area contributed by atoms with Gasteiger partial charge in [0, 0.05) is 6.42 Å². The Morgan fingerprint density at radius 3 is 1.26 bits per heavy atom. The minimum Gasteiger partial charge on any atom is -0.756 e. The van der Waals surface area contributed by atoms with Crippen molar-refractivity contribution in [3.05, 3.63) is 134 Å². The van der Waals surface area contributed by atoms with E-state index in [4.69, 9.17) is 9.05 Å². The summed E-state index contributed by atoms with van der Waals surface area (Å²) in [5.74, 6) is -0.241. The molecule has 0 aliphatic rings. The molecule has 3 atom stereocenters. The van der Waals surface area contributed by atoms with Crippen molar-refractivity contribution < 1.29 is 32.9 Å². The number of phosphoric ester groups is 1. The van der Waals surface area contributed by atoms with Crippen LogP contribution in [0.25, 0.3) is 0 Å². The molecule has 0 heterocycles. The number of hydrogen-bond acceptors (Lipinski definition) is 6. The number of likely N-dealkylation sites (N-methyl/N-ethyl adjacent to an activating group) is 1. The van der Waals surface area contributed by atoms with Crippen LogP contribution in [0.5, 0.6) is 0 Å². The number of carbonyl (C=O) groups is 1. The van der Waals surface area contributed by atoms with Crippen molar-refractivity contribution in [1.82, 2.24) is 5.32 Å². The number of carbonyl (C=O) groups excluding carboxylic acids is 1. The van der Waals surface area contributed by atoms with E-state index in [1.165, 1.54) is 89.9 Å². The van der Waals surface area contributed by atoms with E-state index in [0.717, 1.165) is 103 Å². The molecule has 0 saturated carbocycles. The number of unbranched alkanes of at least 4 members (excludes halogenated alkanes) is 19. The van der Waals surface area contributed by atoms with Gasteiger partial charge in [0.15, 0.2) is 0 Å². The lowest BCUT2D eigenvalue weighted by Crippen LogP contribution is -2.45. The number of nitrogens with one attached hydrogen (secondary N) is 1. The Labute approximate surface area is 456 Å². The molecule has 0 fully saturated rings. The van der Waals surface area contributed by atoms with E-state index in [2.05, 4.69) is 141 Å². The highest BCUT2D eigenvalue weighted by molar-refractivity contribution is 7.45. The third-order valence-electron chi connectivity index (χ3n) is 12.3. The second-order valence-electron chi connectivity index (χ2n) is 20.6. The standard InChI is InChI=1S/C65H111N2O6P/c1-6-8-10-12-14-16-18-20-22-24-26-28-30-31-32-33-34-35-37-39-41-43-45-47-49-51-53-55-57-59-65(69)66-63(62-73-74(70,71)72-61-60-67(3,4)5)64(68)58-56-54-52-50-48-46-44-42-40-38-36-29-27-25-23-21-19-17-15-13-11-9-7-2/h8,10,14,16,20,22,26,28,31-32,34-35,39-42,45,47-48,50,56,58,63-64,68H,6-7,9,11-13,15,17-19,21,23-25,27,29-30,33,36-38,43-44,46,49,51-55,57,59-62H2,1-5H3,(H-,66,69,70,71)/b10-8-,16-14-,22-20-,28-26-,32-31-,35-34-,41-39-,42-40+,47-45-,50-48+,58-56+. The fourth-order valence-corrected chi connectivity index (χ4v) is 8.45. The SMILES string of the molecule is CC/C=C\C/C=C\C/C=C\C/C=C\C/C=C\C/C=C\C/C=C\C/C=C\CCCCCCC(=O)NC(COP(=O)([O-])OCC[N+](C)(C)C)C(O)/C=C/CC/C=C/CC/C=C/CCCCCCCCCCCCCCC. The van der Waals surface area contributed by atoms with Crippen LogP contribution in [0, 0.1) is 0 Å². The second-order valence-corrected chi connectivity index (χ2v) is 22.0. The van der Waals surface area contributed by atoms with Crippen molar-refractivity contribution >= 4 is 13.7 Å². The van der Waals surface area contributed by atoms with Gasteiger partial charge in [0.1, 0.15) is 13.2 Å². The molecule has 0 bridgehead atoms. The maximum absolute atomic E-state index is 13.0. The summed E-state index contributed by atoms with van der Waals surface area (Å²) >= 11 is 0. The van der Waals surface area contributed by atoms with Crippen LogP contribution in [0.3, 0.4) is 0 Å². The lowest BCUT2D eigenvalue weighted by Gasteiger charge is -2.29. The first kappa shape index (κ1) is 70.6. The van der Waals surface area contributed by atoms with Crippen molar-refractivity contribution in [2.24, 2.45) is 0 Å². The molecule has 0 aromatic rings. The lowest BCUT2D eigenvalue weighted by molar-refractivity contribution is -0.870. The Hall–Kier alpha value is -3.36. The fraction of sp³-hybridized carbons (Fsp3) is 0.646. The molecule has 1 amide bonds. The van der Waals surface area contributed by atoms with E-state index < -0.39 is 26.6 Å². The highest BCUT2D eigenvalue weighted by atomic mass is 31.2. The normalized spacial score (nSPS) is 14.9. The van der Waals surface area contributed by atoms with Gasteiger partial charge in [0.2, 0.25) is 5.91 Å². The molecule has 0 saturated heterocycles. The highest BCUT2D eigenvalue weighted by Gasteiger charge is 2.23. The van der Waals surface area contributed by atoms with Crippen molar-refractivity contribution in [1.29, 1.82) is 0 Å². The predicted octanol–water partition coefficient (Wildman–Crippen LogP) is 17.7. The molecule has 0 rings (SSSR count). The van der Waals surface area contributed by atoms with Gasteiger partial charge in [-0.2, -0.15) is 0 Å². The lowest BCUT2D eigenvalue weighted by atomic mass is 10.0. The molecule has 0 aromatic heterocycles. The van der Waals surface area contributed by atoms with Crippen LogP contribution >= 0.6 is 7.82 Å². The predicted molar refractivity (Wildman–Crippen MR) is 320 cm³/mol. The second kappa shape index (κ2) is 54.4. The zero-order valence-electron chi connectivity index (χ0n) is 48.0. The van der Waals surface area contributed by atoms with Gasteiger partial charge in [0.25, 0.3) is 7.82 Å². The van der Waals surface area contributed by atoms with Crippen molar-refractivity contribution in [2.45, 2.75) is 231 Å². The first-order chi connectivity index (χ1) is 36.0. The Morgan fingerprint density at radius 2 is 0.838 bits per heavy atom. The van der Waals surface area contributed by atoms with Crippen LogP contribution in [0.4, 0.5) is 0 Å². The number of rotatable bonds is 52. The monoisotopic (exact) mass is 1050 g/mol. The van der Waals surface area contributed by atoms with Gasteiger partial charge in [-0.05, 0) is 109 Å². The van der Waals surface area contributed by atoms with Crippen molar-refractivity contribution in [3.63, 3.8) is 0 Å². The number of quaternary nitrogens is 1. The van der Waals surface area contributed by atoms with Gasteiger partial charge in [-0.1, -0.05) is 237 Å². The van der Waals surface area contributed by atoms with Crippen LogP contribution < -0.4 is 10.2 Å². The Balaban J connectivity index is 4.39. The molecular formula is C65H111N2O6P. The Kier molecular flexibility index (Phi) is 52.0. The zero-order chi connectivity index (χ0) is 54.2. The minimum absolute atomic E-state index is 0.0222. The first-order valence-corrected chi connectivity index (χ1v) is 31.0. The number of nitrogens with zero attached hydrogens (tertiary/aromatic N) is 1. The van der Waals surface area contributed by atoms with E-state index in [9.17, 15) is 19.4 Å². The smallest absolute Gasteiger partial charge is 0.268 e. The third kappa shape index (κ3) is 56.4. The molecule has 0 aliphatic carbocycles. The summed E-state index contributed by atoms with van der Waals surface area (Å²) in [6.07, 6.45) is 82.5. The molecular weight excluding hydrogens is 936 g/mol. The summed E-state index contributed by atoms with van der Waals surface area (Å²) in [7, 11) is 1.20. The average molecular weight is 1050 g/mol. The van der Waals surface area contributed by atoms with Gasteiger partial charge >= 0.3 is 0 Å². The number of aliphatic hydroxyl groups is 1. The van der Waals surface area contributed by atoms with E-state index in [1.54, 1.807) is 6.08 Å². The number of hydrogen-bond donors (Lipinski definition) is 2. The molecule has 2 N–H and O–H groups in total. The molecule has 74 heavy (non-hydrogen) atoms. The number of aliphatic hydroxyl groups excluding tert-OH is 1. The third-order valence-corrected chi connectivity index (χ3v) is 13.3. The summed E-state index contributed by atoms with van der Waals surface area (Å²) < 4.78 is 23.3. The first-order valence-electron chi connectivity index (χ1n) is 29.5. The van der Waals surface area contributed by atoms with E-state index in [1.807, 2.05) is 27.2 Å². The van der Waals surface area contributed by atoms with Crippen molar-refractivity contribution in [2.75, 3.05) is 40.9 Å². The summed E-state index contributed by atoms with van der Waals surface area (Å²) in [6.45, 7) is 4.48. The van der Waals surface area contributed by atoms with E-state index >= 15 is 0 Å². The van der Waals surface area contributed by atoms with Gasteiger partial charge in [-0.15, -0.1) is 0 Å². The Morgan fingerprint density at radius 1 is 0.486 bits per heavy atom. The fourth-order valence-electron chi connectivity index (χ4n) is 7.73. The Bertz CT molecular complexity index is 1660. The summed E-state index contributed by atoms with van der Waals surface area (Å²) in [6, 6.07) is -0.935.